The van der Waals surface area contributed by atoms with Gasteiger partial charge in [0.1, 0.15) is 26.4 Å². The Morgan fingerprint density at radius 2 is 1.00 bits per heavy atom. The highest BCUT2D eigenvalue weighted by atomic mass is 32.1. The molecule has 0 radical (unpaired) electrons. The van der Waals surface area contributed by atoms with Crippen molar-refractivity contribution in [2.75, 3.05) is 26.4 Å². The van der Waals surface area contributed by atoms with Crippen LogP contribution in [-0.4, -0.2) is 58.5 Å². The van der Waals surface area contributed by atoms with Crippen molar-refractivity contribution in [3.05, 3.63) is 46.2 Å². The molecule has 0 saturated heterocycles. The standard InChI is InChI=1S/C24H16N2O8S2/c27-23(28)13-7-19-17(31-1-3-33-19)5-11(13)15-9-35-21(25-15)22-26-16(10-36-22)12-6-18-20(34-4-2-32-18)8-14(12)24(29)30/h5-10H,1-4H2,(H,27,28)(H,29,30). The maximum Gasteiger partial charge on any atom is 0.336 e. The van der Waals surface area contributed by atoms with Crippen LogP contribution in [0.15, 0.2) is 35.0 Å². The summed E-state index contributed by atoms with van der Waals surface area (Å²) in [5, 5.41) is 24.1. The van der Waals surface area contributed by atoms with Crippen LogP contribution < -0.4 is 18.9 Å². The van der Waals surface area contributed by atoms with Crippen LogP contribution in [0.5, 0.6) is 23.0 Å². The van der Waals surface area contributed by atoms with Crippen LogP contribution >= 0.6 is 22.7 Å². The molecule has 2 aliphatic heterocycles. The van der Waals surface area contributed by atoms with E-state index in [1.54, 1.807) is 22.9 Å². The van der Waals surface area contributed by atoms with E-state index in [1.165, 1.54) is 34.8 Å². The van der Waals surface area contributed by atoms with Crippen LogP contribution in [0.1, 0.15) is 20.7 Å². The third-order valence-corrected chi connectivity index (χ3v) is 7.40. The summed E-state index contributed by atoms with van der Waals surface area (Å²) in [5.74, 6) is -0.507. The number of carbonyl (C=O) groups is 2. The van der Waals surface area contributed by atoms with Gasteiger partial charge in [-0.05, 0) is 24.3 Å². The Hall–Kier alpha value is -4.16. The number of thiazole rings is 2. The van der Waals surface area contributed by atoms with Crippen LogP contribution in [0.3, 0.4) is 0 Å². The van der Waals surface area contributed by atoms with E-state index < -0.39 is 11.9 Å². The topological polar surface area (TPSA) is 137 Å². The molecule has 0 bridgehead atoms. The van der Waals surface area contributed by atoms with E-state index in [0.717, 1.165) is 0 Å². The van der Waals surface area contributed by atoms with E-state index >= 15 is 0 Å². The second-order valence-electron chi connectivity index (χ2n) is 7.77. The van der Waals surface area contributed by atoms with E-state index in [4.69, 9.17) is 18.9 Å². The normalized spacial score (nSPS) is 13.9. The number of fused-ring (bicyclic) bond motifs is 2. The Balaban J connectivity index is 1.37. The summed E-state index contributed by atoms with van der Waals surface area (Å²) in [6.45, 7) is 1.46. The molecule has 4 aromatic rings. The lowest BCUT2D eigenvalue weighted by Crippen LogP contribution is -2.16. The van der Waals surface area contributed by atoms with Crippen molar-refractivity contribution in [3.8, 4) is 55.5 Å². The predicted octanol–water partition coefficient (Wildman–Crippen LogP) is 4.54. The van der Waals surface area contributed by atoms with Crippen molar-refractivity contribution in [2.45, 2.75) is 0 Å². The first kappa shape index (κ1) is 22.3. The number of benzene rings is 2. The lowest BCUT2D eigenvalue weighted by Gasteiger charge is -2.19. The largest absolute Gasteiger partial charge is 0.486 e. The van der Waals surface area contributed by atoms with E-state index in [9.17, 15) is 19.8 Å². The zero-order chi connectivity index (χ0) is 24.8. The minimum atomic E-state index is -1.10. The third kappa shape index (κ3) is 3.89. The van der Waals surface area contributed by atoms with Gasteiger partial charge in [0.15, 0.2) is 33.0 Å². The molecule has 2 aliphatic rings. The Morgan fingerprint density at radius 3 is 1.36 bits per heavy atom. The highest BCUT2D eigenvalue weighted by Crippen LogP contribution is 2.41. The van der Waals surface area contributed by atoms with Gasteiger partial charge in [-0.3, -0.25) is 0 Å². The highest BCUT2D eigenvalue weighted by molar-refractivity contribution is 7.20. The molecule has 36 heavy (non-hydrogen) atoms. The van der Waals surface area contributed by atoms with Crippen LogP contribution in [0.2, 0.25) is 0 Å². The van der Waals surface area contributed by atoms with E-state index in [1.807, 2.05) is 0 Å². The van der Waals surface area contributed by atoms with Gasteiger partial charge in [0, 0.05) is 21.9 Å². The zero-order valence-corrected chi connectivity index (χ0v) is 20.0. The molecular weight excluding hydrogens is 508 g/mol. The van der Waals surface area contributed by atoms with Crippen molar-refractivity contribution in [2.24, 2.45) is 0 Å². The molecule has 0 saturated carbocycles. The number of ether oxygens (including phenoxy) is 4. The van der Waals surface area contributed by atoms with Gasteiger partial charge in [-0.25, -0.2) is 19.6 Å². The number of hydrogen-bond acceptors (Lipinski definition) is 10. The van der Waals surface area contributed by atoms with E-state index in [0.29, 0.717) is 82.0 Å². The predicted molar refractivity (Wildman–Crippen MR) is 130 cm³/mol. The van der Waals surface area contributed by atoms with Gasteiger partial charge in [0.05, 0.1) is 22.5 Å². The second kappa shape index (κ2) is 8.81. The van der Waals surface area contributed by atoms with Crippen LogP contribution in [0, 0.1) is 0 Å². The number of aromatic nitrogens is 2. The summed E-state index contributed by atoms with van der Waals surface area (Å²) in [6, 6.07) is 6.14. The Labute approximate surface area is 211 Å². The quantitative estimate of drug-likeness (QED) is 0.383. The van der Waals surface area contributed by atoms with Gasteiger partial charge in [-0.1, -0.05) is 0 Å². The molecule has 2 aromatic heterocycles. The van der Waals surface area contributed by atoms with Crippen molar-refractivity contribution < 1.29 is 38.7 Å². The zero-order valence-electron chi connectivity index (χ0n) is 18.3. The maximum atomic E-state index is 11.9. The average molecular weight is 525 g/mol. The Kier molecular flexibility index (Phi) is 5.46. The van der Waals surface area contributed by atoms with Crippen LogP contribution in [-0.2, 0) is 0 Å². The monoisotopic (exact) mass is 524 g/mol. The third-order valence-electron chi connectivity index (χ3n) is 5.57. The SMILES string of the molecule is O=C(O)c1cc2c(cc1-c1csc(-c3nc(-c4cc5c(cc4C(=O)O)OCCO5)cs3)n1)OCCO2. The van der Waals surface area contributed by atoms with Gasteiger partial charge >= 0.3 is 11.9 Å². The molecule has 6 rings (SSSR count). The molecule has 0 unspecified atom stereocenters. The smallest absolute Gasteiger partial charge is 0.336 e. The fourth-order valence-electron chi connectivity index (χ4n) is 3.95. The number of carboxylic acids is 2. The van der Waals surface area contributed by atoms with E-state index in [2.05, 4.69) is 9.97 Å². The Morgan fingerprint density at radius 1 is 0.639 bits per heavy atom. The molecule has 0 fully saturated rings. The lowest BCUT2D eigenvalue weighted by molar-refractivity contribution is 0.0685. The number of rotatable bonds is 5. The Bertz CT molecular complexity index is 1410. The maximum absolute atomic E-state index is 11.9. The molecule has 2 N–H and O–H groups in total. The highest BCUT2D eigenvalue weighted by Gasteiger charge is 2.24. The molecule has 0 amide bonds. The van der Waals surface area contributed by atoms with Gasteiger partial charge in [0.2, 0.25) is 0 Å². The molecule has 2 aromatic carbocycles. The summed E-state index contributed by atoms with van der Waals surface area (Å²) in [7, 11) is 0. The first-order valence-corrected chi connectivity index (χ1v) is 12.5. The summed E-state index contributed by atoms with van der Waals surface area (Å²) in [4.78, 5) is 33.1. The minimum Gasteiger partial charge on any atom is -0.486 e. The van der Waals surface area contributed by atoms with Crippen LogP contribution in [0.25, 0.3) is 32.5 Å². The second-order valence-corrected chi connectivity index (χ2v) is 9.49. The van der Waals surface area contributed by atoms with Crippen molar-refractivity contribution in [1.29, 1.82) is 0 Å². The van der Waals surface area contributed by atoms with Gasteiger partial charge < -0.3 is 29.2 Å². The number of aromatic carboxylic acids is 2. The number of hydrogen-bond donors (Lipinski definition) is 2. The fraction of sp³-hybridized carbons (Fsp3) is 0.167. The fourth-order valence-corrected chi connectivity index (χ4v) is 5.64. The van der Waals surface area contributed by atoms with Crippen molar-refractivity contribution in [1.82, 2.24) is 9.97 Å². The molecule has 12 heteroatoms. The van der Waals surface area contributed by atoms with Gasteiger partial charge in [-0.15, -0.1) is 22.7 Å². The average Bonchev–Trinajstić information content (AvgIpc) is 3.57. The van der Waals surface area contributed by atoms with Crippen molar-refractivity contribution >= 4 is 34.6 Å². The van der Waals surface area contributed by atoms with Crippen molar-refractivity contribution in [3.63, 3.8) is 0 Å². The molecular formula is C24H16N2O8S2. The molecule has 0 spiro atoms. The van der Waals surface area contributed by atoms with E-state index in [-0.39, 0.29) is 11.1 Å². The van der Waals surface area contributed by atoms with Gasteiger partial charge in [-0.2, -0.15) is 0 Å². The number of carboxylic acid groups (broad SMARTS) is 2. The summed E-state index contributed by atoms with van der Waals surface area (Å²) < 4.78 is 22.3. The molecule has 182 valence electrons. The molecule has 10 nitrogen and oxygen atoms in total. The molecule has 0 atom stereocenters. The minimum absolute atomic E-state index is 0.0540. The summed E-state index contributed by atoms with van der Waals surface area (Å²) in [5.41, 5.74) is 1.85. The summed E-state index contributed by atoms with van der Waals surface area (Å²) in [6.07, 6.45) is 0. The lowest BCUT2D eigenvalue weighted by atomic mass is 10.0. The first-order chi connectivity index (χ1) is 17.5. The number of nitrogens with zero attached hydrogens (tertiary/aromatic N) is 2. The molecule has 4 heterocycles. The molecule has 0 aliphatic carbocycles. The summed E-state index contributed by atoms with van der Waals surface area (Å²) >= 11 is 2.62. The van der Waals surface area contributed by atoms with Crippen LogP contribution in [0.4, 0.5) is 0 Å². The first-order valence-electron chi connectivity index (χ1n) is 10.7. The van der Waals surface area contributed by atoms with Gasteiger partial charge in [0.25, 0.3) is 0 Å².